The van der Waals surface area contributed by atoms with E-state index in [9.17, 15) is 8.42 Å². The van der Waals surface area contributed by atoms with E-state index in [0.29, 0.717) is 13.1 Å². The van der Waals surface area contributed by atoms with Gasteiger partial charge in [-0.05, 0) is 12.8 Å². The van der Waals surface area contributed by atoms with Crippen molar-refractivity contribution in [2.75, 3.05) is 13.1 Å². The third-order valence-electron chi connectivity index (χ3n) is 1.86. The minimum atomic E-state index is -3.73. The molecule has 0 unspecified atom stereocenters. The average Bonchev–Trinajstić information content (AvgIpc) is 2.02. The van der Waals surface area contributed by atoms with Crippen molar-refractivity contribution < 1.29 is 8.42 Å². The van der Waals surface area contributed by atoms with E-state index in [2.05, 4.69) is 0 Å². The second kappa shape index (κ2) is 6.34. The van der Waals surface area contributed by atoms with E-state index in [4.69, 9.17) is 5.14 Å². The lowest BCUT2D eigenvalue weighted by Crippen LogP contribution is -2.33. The van der Waals surface area contributed by atoms with Crippen LogP contribution in [0.15, 0.2) is 0 Å². The third-order valence-corrected chi connectivity index (χ3v) is 2.91. The summed E-state index contributed by atoms with van der Waals surface area (Å²) in [5, 5.41) is 6.94. The zero-order valence-corrected chi connectivity index (χ0v) is 9.23. The number of rotatable bonds is 7. The Labute approximate surface area is 81.3 Å². The summed E-state index contributed by atoms with van der Waals surface area (Å²) in [6.07, 6.45) is 3.58. The van der Waals surface area contributed by atoms with Crippen LogP contribution in [0.4, 0.5) is 0 Å². The van der Waals surface area contributed by atoms with Crippen LogP contribution in [0.1, 0.15) is 39.5 Å². The molecule has 0 spiro atoms. The maximum absolute atomic E-state index is 10.9. The summed E-state index contributed by atoms with van der Waals surface area (Å²) < 4.78 is 23.1. The zero-order valence-electron chi connectivity index (χ0n) is 8.41. The summed E-state index contributed by atoms with van der Waals surface area (Å²) in [6.45, 7) is 4.99. The summed E-state index contributed by atoms with van der Waals surface area (Å²) in [5.41, 5.74) is 0. The number of hydrogen-bond acceptors (Lipinski definition) is 2. The molecule has 0 bridgehead atoms. The van der Waals surface area contributed by atoms with Crippen LogP contribution in [-0.4, -0.2) is 25.8 Å². The van der Waals surface area contributed by atoms with Crippen LogP contribution >= 0.6 is 0 Å². The van der Waals surface area contributed by atoms with Crippen LogP contribution in [0.3, 0.4) is 0 Å². The minimum absolute atomic E-state index is 0.488. The predicted octanol–water partition coefficient (Wildman–Crippen LogP) is 1.42. The Hall–Kier alpha value is -0.130. The first-order valence-electron chi connectivity index (χ1n) is 4.77. The normalized spacial score (nSPS) is 12.3. The number of hydrogen-bond donors (Lipinski definition) is 0. The Morgan fingerprint density at radius 2 is 1.46 bits per heavy atom. The van der Waals surface area contributed by atoms with E-state index in [-0.39, 0.29) is 0 Å². The molecule has 4 nitrogen and oxygen atoms in total. The standard InChI is InChI=1S/C8H19N2O2S/c1-3-5-7-10(8-6-4-2)13(9,11)12/h9H,3-8H2,1-2H3. The van der Waals surface area contributed by atoms with Crippen molar-refractivity contribution in [3.05, 3.63) is 0 Å². The van der Waals surface area contributed by atoms with Crippen molar-refractivity contribution in [1.29, 1.82) is 0 Å². The minimum Gasteiger partial charge on any atom is -0.194 e. The van der Waals surface area contributed by atoms with E-state index in [1.54, 1.807) is 0 Å². The molecule has 0 fully saturated rings. The van der Waals surface area contributed by atoms with E-state index in [1.807, 2.05) is 13.8 Å². The highest BCUT2D eigenvalue weighted by Crippen LogP contribution is 2.03. The van der Waals surface area contributed by atoms with Gasteiger partial charge in [0.1, 0.15) is 0 Å². The molecule has 0 aliphatic heterocycles. The van der Waals surface area contributed by atoms with Crippen molar-refractivity contribution in [1.82, 2.24) is 9.44 Å². The zero-order chi connectivity index (χ0) is 10.3. The van der Waals surface area contributed by atoms with Gasteiger partial charge in [-0.15, -0.1) is 5.14 Å². The molecule has 0 aromatic rings. The maximum atomic E-state index is 10.9. The molecule has 79 valence electrons. The molecule has 0 aromatic carbocycles. The van der Waals surface area contributed by atoms with E-state index in [1.165, 1.54) is 4.31 Å². The molecular weight excluding hydrogens is 188 g/mol. The van der Waals surface area contributed by atoms with E-state index >= 15 is 0 Å². The fraction of sp³-hybridized carbons (Fsp3) is 1.00. The highest BCUT2D eigenvalue weighted by atomic mass is 32.2. The van der Waals surface area contributed by atoms with Crippen LogP contribution in [0.2, 0.25) is 0 Å². The maximum Gasteiger partial charge on any atom is 0.293 e. The Bertz CT molecular complexity index is 206. The number of nitrogens with zero attached hydrogens (tertiary/aromatic N) is 1. The molecular formula is C8H19N2O2S. The van der Waals surface area contributed by atoms with Gasteiger partial charge in [-0.1, -0.05) is 26.7 Å². The topological polar surface area (TPSA) is 61.2 Å². The Kier molecular flexibility index (Phi) is 6.28. The first-order chi connectivity index (χ1) is 6.02. The quantitative estimate of drug-likeness (QED) is 0.633. The van der Waals surface area contributed by atoms with Gasteiger partial charge in [-0.25, -0.2) is 0 Å². The Morgan fingerprint density at radius 3 is 1.69 bits per heavy atom. The SMILES string of the molecule is CCCCN(CCCC)S([NH])(=O)=O. The van der Waals surface area contributed by atoms with E-state index < -0.39 is 10.2 Å². The Morgan fingerprint density at radius 1 is 1.08 bits per heavy atom. The number of unbranched alkanes of at least 4 members (excludes halogenated alkanes) is 2. The summed E-state index contributed by atoms with van der Waals surface area (Å²) in [6, 6.07) is 0. The molecule has 0 rings (SSSR count). The molecule has 0 amide bonds. The third kappa shape index (κ3) is 6.01. The van der Waals surface area contributed by atoms with Gasteiger partial charge in [0.25, 0.3) is 10.2 Å². The first kappa shape index (κ1) is 12.9. The molecule has 0 aromatic heterocycles. The Balaban J connectivity index is 4.04. The van der Waals surface area contributed by atoms with Gasteiger partial charge in [0.2, 0.25) is 0 Å². The van der Waals surface area contributed by atoms with Crippen molar-refractivity contribution in [3.8, 4) is 0 Å². The van der Waals surface area contributed by atoms with Gasteiger partial charge in [0.05, 0.1) is 0 Å². The van der Waals surface area contributed by atoms with Gasteiger partial charge in [-0.2, -0.15) is 12.7 Å². The molecule has 1 radical (unpaired) electrons. The molecule has 0 saturated heterocycles. The average molecular weight is 207 g/mol. The lowest BCUT2D eigenvalue weighted by atomic mass is 10.3. The lowest BCUT2D eigenvalue weighted by Gasteiger charge is -2.17. The fourth-order valence-corrected chi connectivity index (χ4v) is 1.76. The molecule has 1 N–H and O–H groups in total. The summed E-state index contributed by atoms with van der Waals surface area (Å²) in [7, 11) is -3.73. The van der Waals surface area contributed by atoms with Crippen molar-refractivity contribution in [2.24, 2.45) is 0 Å². The molecule has 0 heterocycles. The molecule has 0 aliphatic carbocycles. The van der Waals surface area contributed by atoms with Crippen molar-refractivity contribution in [3.63, 3.8) is 0 Å². The largest absolute Gasteiger partial charge is 0.293 e. The summed E-state index contributed by atoms with van der Waals surface area (Å²) in [5.74, 6) is 0. The van der Waals surface area contributed by atoms with Gasteiger partial charge in [0.15, 0.2) is 0 Å². The smallest absolute Gasteiger partial charge is 0.194 e. The first-order valence-corrected chi connectivity index (χ1v) is 6.21. The monoisotopic (exact) mass is 207 g/mol. The van der Waals surface area contributed by atoms with Gasteiger partial charge < -0.3 is 0 Å². The van der Waals surface area contributed by atoms with Crippen LogP contribution < -0.4 is 5.14 Å². The fourth-order valence-electron chi connectivity index (χ4n) is 1.02. The molecule has 0 saturated carbocycles. The van der Waals surface area contributed by atoms with Crippen LogP contribution in [-0.2, 0) is 10.2 Å². The highest BCUT2D eigenvalue weighted by Gasteiger charge is 2.15. The molecule has 5 heteroatoms. The second-order valence-electron chi connectivity index (χ2n) is 3.11. The van der Waals surface area contributed by atoms with Crippen molar-refractivity contribution in [2.45, 2.75) is 39.5 Å². The van der Waals surface area contributed by atoms with Gasteiger partial charge in [0, 0.05) is 13.1 Å². The summed E-state index contributed by atoms with van der Waals surface area (Å²) >= 11 is 0. The van der Waals surface area contributed by atoms with E-state index in [0.717, 1.165) is 25.7 Å². The predicted molar refractivity (Wildman–Crippen MR) is 53.4 cm³/mol. The number of nitrogens with one attached hydrogen (secondary N) is 1. The van der Waals surface area contributed by atoms with Crippen LogP contribution in [0, 0.1) is 0 Å². The van der Waals surface area contributed by atoms with Crippen LogP contribution in [0.5, 0.6) is 0 Å². The molecule has 0 atom stereocenters. The lowest BCUT2D eigenvalue weighted by molar-refractivity contribution is 0.395. The van der Waals surface area contributed by atoms with Crippen molar-refractivity contribution >= 4 is 10.2 Å². The molecule has 0 aliphatic rings. The highest BCUT2D eigenvalue weighted by molar-refractivity contribution is 7.86. The summed E-state index contributed by atoms with van der Waals surface area (Å²) in [4.78, 5) is 0. The molecule has 13 heavy (non-hydrogen) atoms. The second-order valence-corrected chi connectivity index (χ2v) is 4.58. The van der Waals surface area contributed by atoms with Gasteiger partial charge >= 0.3 is 0 Å². The van der Waals surface area contributed by atoms with Crippen LogP contribution in [0.25, 0.3) is 0 Å². The van der Waals surface area contributed by atoms with Gasteiger partial charge in [-0.3, -0.25) is 0 Å².